The Bertz CT molecular complexity index is 629. The molecule has 1 aromatic heterocycles. The molecular weight excluding hydrogens is 281 g/mol. The Labute approximate surface area is 121 Å². The number of nitrogens with one attached hydrogen (secondary N) is 1. The molecule has 0 unspecified atom stereocenters. The van der Waals surface area contributed by atoms with Gasteiger partial charge in [-0.3, -0.25) is 4.79 Å². The Morgan fingerprint density at radius 3 is 2.60 bits per heavy atom. The fourth-order valence-corrected chi connectivity index (χ4v) is 2.01. The number of amides is 1. The minimum Gasteiger partial charge on any atom is -0.376 e. The highest BCUT2D eigenvalue weighted by Gasteiger charge is 2.09. The van der Waals surface area contributed by atoms with E-state index in [4.69, 9.17) is 11.6 Å². The number of halogens is 2. The molecular formula is C14H13ClFN3O. The van der Waals surface area contributed by atoms with Crippen molar-refractivity contribution in [1.29, 1.82) is 0 Å². The highest BCUT2D eigenvalue weighted by Crippen LogP contribution is 2.27. The van der Waals surface area contributed by atoms with Crippen LogP contribution in [0, 0.1) is 5.95 Å². The molecule has 104 valence electrons. The standard InChI is InChI=1S/C14H13ClFN3O/c1-19(2)12-5-4-10(7-11(12)15)18-14(20)9-3-6-13(16)17-8-9/h3-8H,1-2H3,(H,18,20). The Morgan fingerprint density at radius 2 is 2.05 bits per heavy atom. The van der Waals surface area contributed by atoms with Gasteiger partial charge < -0.3 is 10.2 Å². The molecule has 2 rings (SSSR count). The summed E-state index contributed by atoms with van der Waals surface area (Å²) in [6.45, 7) is 0. The van der Waals surface area contributed by atoms with Gasteiger partial charge in [-0.05, 0) is 30.3 Å². The van der Waals surface area contributed by atoms with Gasteiger partial charge in [-0.1, -0.05) is 11.6 Å². The van der Waals surface area contributed by atoms with Crippen LogP contribution in [0.25, 0.3) is 0 Å². The van der Waals surface area contributed by atoms with E-state index < -0.39 is 5.95 Å². The number of rotatable bonds is 3. The molecule has 20 heavy (non-hydrogen) atoms. The number of hydrogen-bond acceptors (Lipinski definition) is 3. The smallest absolute Gasteiger partial charge is 0.257 e. The molecule has 0 aliphatic heterocycles. The van der Waals surface area contributed by atoms with E-state index in [9.17, 15) is 9.18 Å². The molecule has 0 saturated carbocycles. The van der Waals surface area contributed by atoms with E-state index >= 15 is 0 Å². The summed E-state index contributed by atoms with van der Waals surface area (Å²) < 4.78 is 12.7. The lowest BCUT2D eigenvalue weighted by molar-refractivity contribution is 0.102. The third-order valence-corrected chi connectivity index (χ3v) is 2.98. The number of anilines is 2. The van der Waals surface area contributed by atoms with Crippen LogP contribution in [0.2, 0.25) is 5.02 Å². The Morgan fingerprint density at radius 1 is 1.30 bits per heavy atom. The van der Waals surface area contributed by atoms with E-state index in [2.05, 4.69) is 10.3 Å². The molecule has 6 heteroatoms. The lowest BCUT2D eigenvalue weighted by Crippen LogP contribution is -2.13. The minimum absolute atomic E-state index is 0.277. The van der Waals surface area contributed by atoms with Crippen molar-refractivity contribution in [1.82, 2.24) is 4.98 Å². The monoisotopic (exact) mass is 293 g/mol. The normalized spacial score (nSPS) is 10.2. The first kappa shape index (κ1) is 14.3. The highest BCUT2D eigenvalue weighted by molar-refractivity contribution is 6.33. The zero-order valence-electron chi connectivity index (χ0n) is 11.0. The van der Waals surface area contributed by atoms with Gasteiger partial charge in [0.25, 0.3) is 5.91 Å². The van der Waals surface area contributed by atoms with Gasteiger partial charge in [-0.25, -0.2) is 4.98 Å². The topological polar surface area (TPSA) is 45.2 Å². The molecule has 1 heterocycles. The Balaban J connectivity index is 2.16. The van der Waals surface area contributed by atoms with Gasteiger partial charge >= 0.3 is 0 Å². The van der Waals surface area contributed by atoms with E-state index in [1.54, 1.807) is 18.2 Å². The van der Waals surface area contributed by atoms with Crippen LogP contribution in [0.1, 0.15) is 10.4 Å². The average molecular weight is 294 g/mol. The van der Waals surface area contributed by atoms with Crippen LogP contribution in [0.3, 0.4) is 0 Å². The molecule has 2 aromatic rings. The number of carbonyl (C=O) groups excluding carboxylic acids is 1. The summed E-state index contributed by atoms with van der Waals surface area (Å²) in [4.78, 5) is 17.2. The molecule has 1 amide bonds. The molecule has 0 fully saturated rings. The number of hydrogen-bond donors (Lipinski definition) is 1. The van der Waals surface area contributed by atoms with Crippen molar-refractivity contribution in [2.24, 2.45) is 0 Å². The van der Waals surface area contributed by atoms with Crippen LogP contribution in [0.15, 0.2) is 36.5 Å². The van der Waals surface area contributed by atoms with Crippen molar-refractivity contribution < 1.29 is 9.18 Å². The van der Waals surface area contributed by atoms with Crippen molar-refractivity contribution in [3.63, 3.8) is 0 Å². The van der Waals surface area contributed by atoms with Gasteiger partial charge in [-0.15, -0.1) is 0 Å². The lowest BCUT2D eigenvalue weighted by Gasteiger charge is -2.15. The van der Waals surface area contributed by atoms with E-state index in [0.717, 1.165) is 11.8 Å². The predicted molar refractivity (Wildman–Crippen MR) is 77.9 cm³/mol. The van der Waals surface area contributed by atoms with Crippen molar-refractivity contribution in [3.8, 4) is 0 Å². The van der Waals surface area contributed by atoms with Crippen LogP contribution < -0.4 is 10.2 Å². The molecule has 1 aromatic carbocycles. The fraction of sp³-hybridized carbons (Fsp3) is 0.143. The second-order valence-electron chi connectivity index (χ2n) is 4.38. The highest BCUT2D eigenvalue weighted by atomic mass is 35.5. The van der Waals surface area contributed by atoms with Crippen LogP contribution in [-0.2, 0) is 0 Å². The van der Waals surface area contributed by atoms with Crippen LogP contribution in [0.5, 0.6) is 0 Å². The summed E-state index contributed by atoms with van der Waals surface area (Å²) in [7, 11) is 3.76. The first-order valence-corrected chi connectivity index (χ1v) is 6.25. The third kappa shape index (κ3) is 3.24. The van der Waals surface area contributed by atoms with Gasteiger partial charge in [0.15, 0.2) is 0 Å². The molecule has 0 aliphatic rings. The third-order valence-electron chi connectivity index (χ3n) is 2.68. The largest absolute Gasteiger partial charge is 0.376 e. The Hall–Kier alpha value is -2.14. The molecule has 1 N–H and O–H groups in total. The summed E-state index contributed by atoms with van der Waals surface area (Å²) in [5, 5.41) is 3.21. The second-order valence-corrected chi connectivity index (χ2v) is 4.79. The van der Waals surface area contributed by atoms with Crippen LogP contribution >= 0.6 is 11.6 Å². The molecule has 0 atom stereocenters. The van der Waals surface area contributed by atoms with Gasteiger partial charge in [-0.2, -0.15) is 4.39 Å². The van der Waals surface area contributed by atoms with Crippen molar-refractivity contribution in [2.45, 2.75) is 0 Å². The van der Waals surface area contributed by atoms with Crippen molar-refractivity contribution in [2.75, 3.05) is 24.3 Å². The van der Waals surface area contributed by atoms with E-state index in [1.807, 2.05) is 19.0 Å². The van der Waals surface area contributed by atoms with Crippen LogP contribution in [-0.4, -0.2) is 25.0 Å². The summed E-state index contributed by atoms with van der Waals surface area (Å²) in [5.74, 6) is -0.994. The Kier molecular flexibility index (Phi) is 4.20. The quantitative estimate of drug-likeness (QED) is 0.884. The first-order valence-electron chi connectivity index (χ1n) is 5.87. The van der Waals surface area contributed by atoms with Gasteiger partial charge in [0.1, 0.15) is 0 Å². The maximum absolute atomic E-state index is 12.7. The summed E-state index contributed by atoms with van der Waals surface area (Å²) >= 11 is 6.12. The van der Waals surface area contributed by atoms with Crippen LogP contribution in [0.4, 0.5) is 15.8 Å². The molecule has 0 saturated heterocycles. The predicted octanol–water partition coefficient (Wildman–Crippen LogP) is 3.19. The van der Waals surface area contributed by atoms with E-state index in [-0.39, 0.29) is 11.5 Å². The molecule has 0 radical (unpaired) electrons. The van der Waals surface area contributed by atoms with E-state index in [0.29, 0.717) is 10.7 Å². The molecule has 0 spiro atoms. The summed E-state index contributed by atoms with van der Waals surface area (Å²) in [6.07, 6.45) is 1.18. The minimum atomic E-state index is -0.625. The lowest BCUT2D eigenvalue weighted by atomic mass is 10.2. The van der Waals surface area contributed by atoms with Crippen molar-refractivity contribution >= 4 is 28.9 Å². The number of carbonyl (C=O) groups is 1. The van der Waals surface area contributed by atoms with Crippen molar-refractivity contribution in [3.05, 3.63) is 53.1 Å². The number of aromatic nitrogens is 1. The average Bonchev–Trinajstić information content (AvgIpc) is 2.39. The zero-order chi connectivity index (χ0) is 14.7. The fourth-order valence-electron chi connectivity index (χ4n) is 1.66. The number of pyridine rings is 1. The van der Waals surface area contributed by atoms with E-state index in [1.165, 1.54) is 12.3 Å². The summed E-state index contributed by atoms with van der Waals surface area (Å²) in [5.41, 5.74) is 1.70. The summed E-state index contributed by atoms with van der Waals surface area (Å²) in [6, 6.07) is 7.72. The molecule has 4 nitrogen and oxygen atoms in total. The molecule has 0 aliphatic carbocycles. The first-order chi connectivity index (χ1) is 9.47. The molecule has 0 bridgehead atoms. The second kappa shape index (κ2) is 5.88. The van der Waals surface area contributed by atoms with Gasteiger partial charge in [0.05, 0.1) is 16.3 Å². The maximum Gasteiger partial charge on any atom is 0.257 e. The maximum atomic E-state index is 12.7. The van der Waals surface area contributed by atoms with Gasteiger partial charge in [0, 0.05) is 26.0 Å². The zero-order valence-corrected chi connectivity index (χ0v) is 11.8. The number of nitrogens with zero attached hydrogens (tertiary/aromatic N) is 2. The SMILES string of the molecule is CN(C)c1ccc(NC(=O)c2ccc(F)nc2)cc1Cl. The number of benzene rings is 1. The van der Waals surface area contributed by atoms with Gasteiger partial charge in [0.2, 0.25) is 5.95 Å².